The molecular formula is C14H15FN2O3. The predicted octanol–water partition coefficient (Wildman–Crippen LogP) is 2.71. The first-order valence-electron chi connectivity index (χ1n) is 6.22. The summed E-state index contributed by atoms with van der Waals surface area (Å²) in [6.07, 6.45) is 2.75. The van der Waals surface area contributed by atoms with Crippen molar-refractivity contribution in [1.82, 2.24) is 4.90 Å². The van der Waals surface area contributed by atoms with Crippen molar-refractivity contribution in [3.8, 4) is 0 Å². The molecule has 5 nitrogen and oxygen atoms in total. The van der Waals surface area contributed by atoms with Crippen LogP contribution in [-0.2, 0) is 0 Å². The molecule has 0 aliphatic carbocycles. The number of hydrogen-bond acceptors (Lipinski definition) is 2. The lowest BCUT2D eigenvalue weighted by molar-refractivity contribution is 0.0696. The molecule has 1 aliphatic rings. The Morgan fingerprint density at radius 1 is 1.40 bits per heavy atom. The van der Waals surface area contributed by atoms with Gasteiger partial charge >= 0.3 is 12.0 Å². The summed E-state index contributed by atoms with van der Waals surface area (Å²) in [5.41, 5.74) is 1.05. The Labute approximate surface area is 115 Å². The number of aromatic carboxylic acids is 1. The van der Waals surface area contributed by atoms with E-state index >= 15 is 0 Å². The van der Waals surface area contributed by atoms with Gasteiger partial charge in [-0.15, -0.1) is 0 Å². The summed E-state index contributed by atoms with van der Waals surface area (Å²) in [4.78, 5) is 24.2. The first kappa shape index (κ1) is 14.0. The number of rotatable bonds is 2. The molecule has 0 saturated heterocycles. The van der Waals surface area contributed by atoms with Crippen molar-refractivity contribution in [3.05, 3.63) is 41.2 Å². The van der Waals surface area contributed by atoms with E-state index in [1.165, 1.54) is 17.7 Å². The van der Waals surface area contributed by atoms with Gasteiger partial charge in [-0.05, 0) is 31.5 Å². The van der Waals surface area contributed by atoms with Gasteiger partial charge in [-0.2, -0.15) is 0 Å². The zero-order valence-electron chi connectivity index (χ0n) is 11.0. The van der Waals surface area contributed by atoms with Gasteiger partial charge in [-0.3, -0.25) is 0 Å². The van der Waals surface area contributed by atoms with Crippen molar-refractivity contribution in [3.63, 3.8) is 0 Å². The molecular weight excluding hydrogens is 263 g/mol. The molecule has 0 unspecified atom stereocenters. The Morgan fingerprint density at radius 2 is 2.15 bits per heavy atom. The number of carboxylic acid groups (broad SMARTS) is 1. The number of urea groups is 1. The Hall–Kier alpha value is -2.37. The molecule has 1 aliphatic heterocycles. The largest absolute Gasteiger partial charge is 0.478 e. The summed E-state index contributed by atoms with van der Waals surface area (Å²) in [6.45, 7) is 3.08. The number of carboxylic acids is 1. The highest BCUT2D eigenvalue weighted by molar-refractivity contribution is 5.92. The molecule has 6 heteroatoms. The van der Waals surface area contributed by atoms with Gasteiger partial charge in [0.05, 0.1) is 11.3 Å². The normalized spacial score (nSPS) is 14.7. The second-order valence-corrected chi connectivity index (χ2v) is 4.68. The van der Waals surface area contributed by atoms with Crippen molar-refractivity contribution in [1.29, 1.82) is 0 Å². The second-order valence-electron chi connectivity index (χ2n) is 4.68. The average molecular weight is 278 g/mol. The van der Waals surface area contributed by atoms with Crippen LogP contribution >= 0.6 is 0 Å². The lowest BCUT2D eigenvalue weighted by atomic mass is 10.1. The van der Waals surface area contributed by atoms with Crippen LogP contribution < -0.4 is 5.32 Å². The van der Waals surface area contributed by atoms with E-state index in [2.05, 4.69) is 5.32 Å². The minimum Gasteiger partial charge on any atom is -0.478 e. The van der Waals surface area contributed by atoms with Crippen LogP contribution in [0.4, 0.5) is 14.9 Å². The number of amides is 2. The van der Waals surface area contributed by atoms with Gasteiger partial charge in [-0.25, -0.2) is 14.0 Å². The van der Waals surface area contributed by atoms with Crippen molar-refractivity contribution in [2.24, 2.45) is 0 Å². The van der Waals surface area contributed by atoms with E-state index in [1.54, 1.807) is 4.90 Å². The lowest BCUT2D eigenvalue weighted by Gasteiger charge is -2.25. The zero-order chi connectivity index (χ0) is 14.7. The molecule has 0 aromatic heterocycles. The zero-order valence-corrected chi connectivity index (χ0v) is 11.0. The van der Waals surface area contributed by atoms with Gasteiger partial charge in [-0.1, -0.05) is 11.6 Å². The van der Waals surface area contributed by atoms with E-state index in [-0.39, 0.29) is 11.3 Å². The van der Waals surface area contributed by atoms with Gasteiger partial charge in [0.15, 0.2) is 0 Å². The van der Waals surface area contributed by atoms with Crippen LogP contribution in [-0.4, -0.2) is 35.1 Å². The number of nitrogens with one attached hydrogen (secondary N) is 1. The Bertz CT molecular complexity index is 584. The molecule has 0 spiro atoms. The molecule has 0 atom stereocenters. The molecule has 0 radical (unpaired) electrons. The summed E-state index contributed by atoms with van der Waals surface area (Å²) in [5, 5.41) is 11.2. The number of carbonyl (C=O) groups excluding carboxylic acids is 1. The molecule has 106 valence electrons. The molecule has 0 fully saturated rings. The number of carbonyl (C=O) groups is 2. The third kappa shape index (κ3) is 3.14. The fraction of sp³-hybridized carbons (Fsp3) is 0.286. The van der Waals surface area contributed by atoms with Gasteiger partial charge in [0.2, 0.25) is 0 Å². The fourth-order valence-corrected chi connectivity index (χ4v) is 1.90. The number of nitrogens with zero attached hydrogens (tertiary/aromatic N) is 1. The Kier molecular flexibility index (Phi) is 4.02. The monoisotopic (exact) mass is 278 g/mol. The van der Waals surface area contributed by atoms with E-state index in [4.69, 9.17) is 5.11 Å². The summed E-state index contributed by atoms with van der Waals surface area (Å²) in [7, 11) is 0. The van der Waals surface area contributed by atoms with E-state index in [0.717, 1.165) is 12.5 Å². The SMILES string of the molecule is CC1=CCN(C(=O)Nc2ccc(C(=O)O)cc2F)CC1. The topological polar surface area (TPSA) is 69.6 Å². The molecule has 1 aromatic rings. The molecule has 0 saturated carbocycles. The predicted molar refractivity (Wildman–Crippen MR) is 72.3 cm³/mol. The van der Waals surface area contributed by atoms with Crippen LogP contribution in [0.1, 0.15) is 23.7 Å². The molecule has 1 aromatic carbocycles. The summed E-state index contributed by atoms with van der Waals surface area (Å²) < 4.78 is 13.7. The summed E-state index contributed by atoms with van der Waals surface area (Å²) in [5.74, 6) is -1.97. The van der Waals surface area contributed by atoms with Crippen molar-refractivity contribution < 1.29 is 19.1 Å². The minimum absolute atomic E-state index is 0.0220. The molecule has 2 rings (SSSR count). The third-order valence-electron chi connectivity index (χ3n) is 3.18. The molecule has 2 N–H and O–H groups in total. The van der Waals surface area contributed by atoms with Crippen molar-refractivity contribution >= 4 is 17.7 Å². The number of anilines is 1. The van der Waals surface area contributed by atoms with Crippen LogP contribution in [0.15, 0.2) is 29.8 Å². The Balaban J connectivity index is 2.06. The standard InChI is InChI=1S/C14H15FN2O3/c1-9-4-6-17(7-5-9)14(20)16-12-3-2-10(13(18)19)8-11(12)15/h2-4,8H,5-7H2,1H3,(H,16,20)(H,18,19). The Morgan fingerprint density at radius 3 is 2.70 bits per heavy atom. The van der Waals surface area contributed by atoms with E-state index in [1.807, 2.05) is 13.0 Å². The summed E-state index contributed by atoms with van der Waals surface area (Å²) >= 11 is 0. The number of benzene rings is 1. The van der Waals surface area contributed by atoms with Gasteiger partial charge in [0, 0.05) is 13.1 Å². The molecule has 0 bridgehead atoms. The van der Waals surface area contributed by atoms with E-state index in [9.17, 15) is 14.0 Å². The maximum absolute atomic E-state index is 13.7. The van der Waals surface area contributed by atoms with Crippen LogP contribution in [0.25, 0.3) is 0 Å². The third-order valence-corrected chi connectivity index (χ3v) is 3.18. The lowest BCUT2D eigenvalue weighted by Crippen LogP contribution is -2.38. The number of halogens is 1. The van der Waals surface area contributed by atoms with Gasteiger partial charge < -0.3 is 15.3 Å². The highest BCUT2D eigenvalue weighted by Crippen LogP contribution is 2.17. The maximum Gasteiger partial charge on any atom is 0.335 e. The van der Waals surface area contributed by atoms with E-state index in [0.29, 0.717) is 13.1 Å². The molecule has 2 amide bonds. The average Bonchev–Trinajstić information content (AvgIpc) is 2.41. The first-order chi connectivity index (χ1) is 9.47. The first-order valence-corrected chi connectivity index (χ1v) is 6.22. The maximum atomic E-state index is 13.7. The van der Waals surface area contributed by atoms with E-state index < -0.39 is 17.8 Å². The van der Waals surface area contributed by atoms with Gasteiger partial charge in [0.1, 0.15) is 5.82 Å². The van der Waals surface area contributed by atoms with Crippen LogP contribution in [0.5, 0.6) is 0 Å². The summed E-state index contributed by atoms with van der Waals surface area (Å²) in [6, 6.07) is 3.00. The van der Waals surface area contributed by atoms with Crippen LogP contribution in [0.3, 0.4) is 0 Å². The van der Waals surface area contributed by atoms with Crippen LogP contribution in [0, 0.1) is 5.82 Å². The number of hydrogen-bond donors (Lipinski definition) is 2. The smallest absolute Gasteiger partial charge is 0.335 e. The van der Waals surface area contributed by atoms with Crippen molar-refractivity contribution in [2.75, 3.05) is 18.4 Å². The fourth-order valence-electron chi connectivity index (χ4n) is 1.90. The van der Waals surface area contributed by atoms with Crippen molar-refractivity contribution in [2.45, 2.75) is 13.3 Å². The molecule has 20 heavy (non-hydrogen) atoms. The highest BCUT2D eigenvalue weighted by atomic mass is 19.1. The quantitative estimate of drug-likeness (QED) is 0.817. The second kappa shape index (κ2) is 5.73. The molecule has 1 heterocycles. The highest BCUT2D eigenvalue weighted by Gasteiger charge is 2.17. The minimum atomic E-state index is -1.21. The van der Waals surface area contributed by atoms with Crippen LogP contribution in [0.2, 0.25) is 0 Å². The van der Waals surface area contributed by atoms with Gasteiger partial charge in [0.25, 0.3) is 0 Å².